The third-order valence-corrected chi connectivity index (χ3v) is 3.80. The molecule has 2 rings (SSSR count). The van der Waals surface area contributed by atoms with Gasteiger partial charge in [-0.3, -0.25) is 4.68 Å². The molecule has 90 valence electrons. The Morgan fingerprint density at radius 2 is 1.88 bits per heavy atom. The highest BCUT2D eigenvalue weighted by atomic mass is 79.9. The van der Waals surface area contributed by atoms with E-state index in [1.54, 1.807) is 0 Å². The number of nitrogens with one attached hydrogen (secondary N) is 1. The van der Waals surface area contributed by atoms with E-state index in [0.29, 0.717) is 0 Å². The van der Waals surface area contributed by atoms with Gasteiger partial charge in [-0.05, 0) is 41.9 Å². The lowest BCUT2D eigenvalue weighted by Gasteiger charge is -2.07. The molecular weight excluding hydrogens is 278 g/mol. The summed E-state index contributed by atoms with van der Waals surface area (Å²) in [7, 11) is 1.96. The summed E-state index contributed by atoms with van der Waals surface area (Å²) >= 11 is 3.56. The molecule has 0 aliphatic carbocycles. The van der Waals surface area contributed by atoms with Crippen LogP contribution in [0.1, 0.15) is 17.0 Å². The fraction of sp³-hybridized carbons (Fsp3) is 0.308. The third-order valence-electron chi connectivity index (χ3n) is 2.77. The van der Waals surface area contributed by atoms with Gasteiger partial charge in [0.15, 0.2) is 0 Å². The van der Waals surface area contributed by atoms with Crippen LogP contribution in [0, 0.1) is 13.8 Å². The highest BCUT2D eigenvalue weighted by molar-refractivity contribution is 9.10. The first kappa shape index (κ1) is 12.2. The molecule has 0 saturated heterocycles. The number of halogens is 1. The van der Waals surface area contributed by atoms with E-state index in [0.717, 1.165) is 28.1 Å². The first-order chi connectivity index (χ1) is 8.08. The molecule has 3 nitrogen and oxygen atoms in total. The molecule has 0 aliphatic rings. The summed E-state index contributed by atoms with van der Waals surface area (Å²) < 4.78 is 2.99. The molecule has 1 N–H and O–H groups in total. The van der Waals surface area contributed by atoms with Crippen molar-refractivity contribution in [3.8, 4) is 0 Å². The molecule has 0 bridgehead atoms. The van der Waals surface area contributed by atoms with Crippen molar-refractivity contribution in [2.24, 2.45) is 7.05 Å². The lowest BCUT2D eigenvalue weighted by atomic mass is 10.2. The van der Waals surface area contributed by atoms with E-state index in [-0.39, 0.29) is 0 Å². The summed E-state index contributed by atoms with van der Waals surface area (Å²) in [6.07, 6.45) is 0. The Morgan fingerprint density at radius 1 is 1.24 bits per heavy atom. The van der Waals surface area contributed by atoms with Gasteiger partial charge in [0.05, 0.1) is 22.4 Å². The zero-order valence-corrected chi connectivity index (χ0v) is 11.9. The number of aromatic nitrogens is 2. The Balaban J connectivity index is 2.09. The SMILES string of the molecule is Cc1ccc(NCc2c(Br)c(C)nn2C)cc1. The molecule has 0 unspecified atom stereocenters. The van der Waals surface area contributed by atoms with Crippen LogP contribution in [0.15, 0.2) is 28.7 Å². The van der Waals surface area contributed by atoms with E-state index >= 15 is 0 Å². The van der Waals surface area contributed by atoms with E-state index in [9.17, 15) is 0 Å². The molecule has 2 aromatic rings. The molecule has 1 heterocycles. The second kappa shape index (κ2) is 4.92. The smallest absolute Gasteiger partial charge is 0.0739 e. The van der Waals surface area contributed by atoms with Crippen LogP contribution in [-0.4, -0.2) is 9.78 Å². The van der Waals surface area contributed by atoms with Crippen LogP contribution in [0.4, 0.5) is 5.69 Å². The summed E-state index contributed by atoms with van der Waals surface area (Å²) in [6, 6.07) is 8.39. The minimum atomic E-state index is 0.765. The van der Waals surface area contributed by atoms with Gasteiger partial charge in [0.1, 0.15) is 0 Å². The third kappa shape index (κ3) is 2.69. The van der Waals surface area contributed by atoms with Gasteiger partial charge in [0, 0.05) is 12.7 Å². The van der Waals surface area contributed by atoms with Crippen molar-refractivity contribution in [1.29, 1.82) is 0 Å². The largest absolute Gasteiger partial charge is 0.379 e. The van der Waals surface area contributed by atoms with Crippen LogP contribution in [0.2, 0.25) is 0 Å². The molecular formula is C13H16BrN3. The second-order valence-corrected chi connectivity index (χ2v) is 4.98. The van der Waals surface area contributed by atoms with Crippen LogP contribution >= 0.6 is 15.9 Å². The zero-order chi connectivity index (χ0) is 12.4. The summed E-state index contributed by atoms with van der Waals surface area (Å²) in [6.45, 7) is 4.85. The van der Waals surface area contributed by atoms with Crippen LogP contribution in [0.5, 0.6) is 0 Å². The van der Waals surface area contributed by atoms with Crippen LogP contribution < -0.4 is 5.32 Å². The number of aryl methyl sites for hydroxylation is 3. The molecule has 1 aromatic heterocycles. The Bertz CT molecular complexity index is 514. The summed E-state index contributed by atoms with van der Waals surface area (Å²) in [5, 5.41) is 7.76. The normalized spacial score (nSPS) is 10.6. The average Bonchev–Trinajstić information content (AvgIpc) is 2.54. The van der Waals surface area contributed by atoms with Gasteiger partial charge < -0.3 is 5.32 Å². The van der Waals surface area contributed by atoms with E-state index in [1.807, 2.05) is 18.7 Å². The van der Waals surface area contributed by atoms with Gasteiger partial charge >= 0.3 is 0 Å². The van der Waals surface area contributed by atoms with E-state index in [1.165, 1.54) is 5.56 Å². The van der Waals surface area contributed by atoms with Crippen molar-refractivity contribution in [3.63, 3.8) is 0 Å². The minimum absolute atomic E-state index is 0.765. The number of nitrogens with zero attached hydrogens (tertiary/aromatic N) is 2. The summed E-state index contributed by atoms with van der Waals surface area (Å²) in [4.78, 5) is 0. The van der Waals surface area contributed by atoms with E-state index in [2.05, 4.69) is 57.5 Å². The van der Waals surface area contributed by atoms with Gasteiger partial charge in [0.2, 0.25) is 0 Å². The number of rotatable bonds is 3. The predicted molar refractivity (Wildman–Crippen MR) is 74.2 cm³/mol. The molecule has 0 amide bonds. The zero-order valence-electron chi connectivity index (χ0n) is 10.3. The second-order valence-electron chi connectivity index (χ2n) is 4.19. The molecule has 0 atom stereocenters. The molecule has 0 spiro atoms. The first-order valence-electron chi connectivity index (χ1n) is 5.56. The van der Waals surface area contributed by atoms with Crippen LogP contribution in [0.3, 0.4) is 0 Å². The van der Waals surface area contributed by atoms with Crippen molar-refractivity contribution in [2.45, 2.75) is 20.4 Å². The maximum absolute atomic E-state index is 4.37. The predicted octanol–water partition coefficient (Wildman–Crippen LogP) is 3.41. The molecule has 1 aromatic carbocycles. The summed E-state index contributed by atoms with van der Waals surface area (Å²) in [5.74, 6) is 0. The van der Waals surface area contributed by atoms with E-state index < -0.39 is 0 Å². The van der Waals surface area contributed by atoms with Crippen LogP contribution in [-0.2, 0) is 13.6 Å². The van der Waals surface area contributed by atoms with E-state index in [4.69, 9.17) is 0 Å². The van der Waals surface area contributed by atoms with Gasteiger partial charge in [0.25, 0.3) is 0 Å². The number of benzene rings is 1. The first-order valence-corrected chi connectivity index (χ1v) is 6.35. The van der Waals surface area contributed by atoms with Gasteiger partial charge in [-0.1, -0.05) is 17.7 Å². The van der Waals surface area contributed by atoms with Crippen molar-refractivity contribution in [1.82, 2.24) is 9.78 Å². The Labute approximate surface area is 110 Å². The summed E-state index contributed by atoms with van der Waals surface area (Å²) in [5.41, 5.74) is 4.57. The lowest BCUT2D eigenvalue weighted by Crippen LogP contribution is -2.05. The molecule has 17 heavy (non-hydrogen) atoms. The highest BCUT2D eigenvalue weighted by Gasteiger charge is 2.09. The molecule has 4 heteroatoms. The quantitative estimate of drug-likeness (QED) is 0.940. The molecule has 0 fully saturated rings. The van der Waals surface area contributed by atoms with Crippen molar-refractivity contribution >= 4 is 21.6 Å². The number of hydrogen-bond acceptors (Lipinski definition) is 2. The van der Waals surface area contributed by atoms with Gasteiger partial charge in [-0.2, -0.15) is 5.10 Å². The monoisotopic (exact) mass is 293 g/mol. The fourth-order valence-corrected chi connectivity index (χ4v) is 2.21. The van der Waals surface area contributed by atoms with Crippen molar-refractivity contribution in [2.75, 3.05) is 5.32 Å². The lowest BCUT2D eigenvalue weighted by molar-refractivity contribution is 0.712. The Kier molecular flexibility index (Phi) is 3.52. The fourth-order valence-electron chi connectivity index (χ4n) is 1.73. The average molecular weight is 294 g/mol. The highest BCUT2D eigenvalue weighted by Crippen LogP contribution is 2.21. The Morgan fingerprint density at radius 3 is 2.41 bits per heavy atom. The molecule has 0 saturated carbocycles. The maximum Gasteiger partial charge on any atom is 0.0739 e. The molecule has 0 radical (unpaired) electrons. The van der Waals surface area contributed by atoms with Gasteiger partial charge in [-0.15, -0.1) is 0 Å². The standard InChI is InChI=1S/C13H16BrN3/c1-9-4-6-11(7-5-9)15-8-12-13(14)10(2)16-17(12)3/h4-7,15H,8H2,1-3H3. The minimum Gasteiger partial charge on any atom is -0.379 e. The molecule has 0 aliphatic heterocycles. The maximum atomic E-state index is 4.37. The van der Waals surface area contributed by atoms with Gasteiger partial charge in [-0.25, -0.2) is 0 Å². The number of anilines is 1. The van der Waals surface area contributed by atoms with Crippen molar-refractivity contribution in [3.05, 3.63) is 45.7 Å². The van der Waals surface area contributed by atoms with Crippen LogP contribution in [0.25, 0.3) is 0 Å². The Hall–Kier alpha value is -1.29. The topological polar surface area (TPSA) is 29.9 Å². The number of hydrogen-bond donors (Lipinski definition) is 1. The van der Waals surface area contributed by atoms with Crippen molar-refractivity contribution < 1.29 is 0 Å².